The van der Waals surface area contributed by atoms with Gasteiger partial charge in [0, 0.05) is 6.54 Å². The molecule has 0 aliphatic carbocycles. The van der Waals surface area contributed by atoms with Gasteiger partial charge >= 0.3 is 5.97 Å². The van der Waals surface area contributed by atoms with Crippen LogP contribution in [0, 0.1) is 0 Å². The lowest BCUT2D eigenvalue weighted by Crippen LogP contribution is -2.46. The third-order valence-corrected chi connectivity index (χ3v) is 4.89. The number of hydrogen-bond donors (Lipinski definition) is 1. The highest BCUT2D eigenvalue weighted by atomic mass is 16.4. The summed E-state index contributed by atoms with van der Waals surface area (Å²) >= 11 is 0. The largest absolute Gasteiger partial charge is 0.480 e. The first kappa shape index (κ1) is 16.8. The van der Waals surface area contributed by atoms with E-state index in [-0.39, 0.29) is 6.04 Å². The maximum Gasteiger partial charge on any atom is 0.320 e. The van der Waals surface area contributed by atoms with Crippen LogP contribution in [0.25, 0.3) is 0 Å². The molecule has 1 aromatic carbocycles. The summed E-state index contributed by atoms with van der Waals surface area (Å²) in [4.78, 5) is 13.8. The second kappa shape index (κ2) is 7.22. The van der Waals surface area contributed by atoms with E-state index in [1.165, 1.54) is 5.56 Å². The minimum Gasteiger partial charge on any atom is -0.480 e. The lowest BCUT2D eigenvalue weighted by molar-refractivity contribution is -0.145. The number of nitrogens with zero attached hydrogens (tertiary/aromatic N) is 1. The molecule has 1 aliphatic rings. The maximum atomic E-state index is 11.7. The van der Waals surface area contributed by atoms with Crippen molar-refractivity contribution in [2.75, 3.05) is 6.54 Å². The summed E-state index contributed by atoms with van der Waals surface area (Å²) in [5.41, 5.74) is 2.37. The highest BCUT2D eigenvalue weighted by Crippen LogP contribution is 2.35. The van der Waals surface area contributed by atoms with Crippen LogP contribution in [0.1, 0.15) is 62.0 Å². The van der Waals surface area contributed by atoms with Crippen LogP contribution in [0.2, 0.25) is 0 Å². The Morgan fingerprint density at radius 2 is 1.88 bits per heavy atom. The number of carbonyl (C=O) groups is 1. The van der Waals surface area contributed by atoms with Gasteiger partial charge in [0.15, 0.2) is 0 Å². The summed E-state index contributed by atoms with van der Waals surface area (Å²) in [6, 6.07) is 11.7. The van der Waals surface area contributed by atoms with Gasteiger partial charge < -0.3 is 9.52 Å². The normalized spacial score (nSPS) is 20.2. The first-order valence-electron chi connectivity index (χ1n) is 8.69. The van der Waals surface area contributed by atoms with Crippen molar-refractivity contribution >= 4 is 5.97 Å². The van der Waals surface area contributed by atoms with Gasteiger partial charge in [-0.2, -0.15) is 0 Å². The number of carboxylic acids is 1. The lowest BCUT2D eigenvalue weighted by atomic mass is 9.93. The van der Waals surface area contributed by atoms with Crippen molar-refractivity contribution in [3.8, 4) is 0 Å². The molecule has 128 valence electrons. The average Bonchev–Trinajstić information content (AvgIpc) is 3.10. The quantitative estimate of drug-likeness (QED) is 0.882. The molecule has 1 N–H and O–H groups in total. The summed E-state index contributed by atoms with van der Waals surface area (Å²) in [7, 11) is 0. The predicted molar refractivity (Wildman–Crippen MR) is 93.1 cm³/mol. The SMILES string of the molecule is CC(C)c1ccc(C(c2ccco2)N2CCCCC2C(=O)O)cc1. The first-order valence-corrected chi connectivity index (χ1v) is 8.69. The van der Waals surface area contributed by atoms with Crippen LogP contribution in [-0.2, 0) is 4.79 Å². The van der Waals surface area contributed by atoms with E-state index in [4.69, 9.17) is 4.42 Å². The summed E-state index contributed by atoms with van der Waals surface area (Å²) < 4.78 is 5.67. The van der Waals surface area contributed by atoms with E-state index >= 15 is 0 Å². The van der Waals surface area contributed by atoms with E-state index in [1.54, 1.807) is 6.26 Å². The zero-order valence-corrected chi connectivity index (χ0v) is 14.3. The molecule has 24 heavy (non-hydrogen) atoms. The van der Waals surface area contributed by atoms with Crippen LogP contribution < -0.4 is 0 Å². The predicted octanol–water partition coefficient (Wildman–Crippen LogP) is 4.43. The molecule has 4 heteroatoms. The second-order valence-corrected chi connectivity index (χ2v) is 6.83. The van der Waals surface area contributed by atoms with Crippen molar-refractivity contribution in [1.29, 1.82) is 0 Å². The average molecular weight is 327 g/mol. The Morgan fingerprint density at radius 1 is 1.17 bits per heavy atom. The Balaban J connectivity index is 1.99. The Bertz CT molecular complexity index is 661. The number of likely N-dealkylation sites (tertiary alicyclic amines) is 1. The number of piperidine rings is 1. The number of furan rings is 1. The van der Waals surface area contributed by atoms with Crippen LogP contribution in [0.15, 0.2) is 47.1 Å². The summed E-state index contributed by atoms with van der Waals surface area (Å²) in [5, 5.41) is 9.65. The Hall–Kier alpha value is -2.07. The fraction of sp³-hybridized carbons (Fsp3) is 0.450. The van der Waals surface area contributed by atoms with Crippen molar-refractivity contribution < 1.29 is 14.3 Å². The van der Waals surface area contributed by atoms with Crippen molar-refractivity contribution in [2.45, 2.75) is 51.1 Å². The molecule has 1 fully saturated rings. The van der Waals surface area contributed by atoms with Gasteiger partial charge in [-0.05, 0) is 42.0 Å². The molecule has 0 spiro atoms. The zero-order chi connectivity index (χ0) is 17.1. The molecule has 1 aromatic heterocycles. The van der Waals surface area contributed by atoms with Crippen molar-refractivity contribution in [2.24, 2.45) is 0 Å². The van der Waals surface area contributed by atoms with Gasteiger partial charge in [0.1, 0.15) is 11.8 Å². The highest BCUT2D eigenvalue weighted by Gasteiger charge is 2.36. The molecule has 4 nitrogen and oxygen atoms in total. The van der Waals surface area contributed by atoms with Crippen LogP contribution in [0.4, 0.5) is 0 Å². The molecule has 2 aromatic rings. The van der Waals surface area contributed by atoms with Gasteiger partial charge in [-0.1, -0.05) is 44.5 Å². The van der Waals surface area contributed by atoms with E-state index in [0.29, 0.717) is 12.3 Å². The Labute approximate surface area is 143 Å². The number of aliphatic carboxylic acids is 1. The molecule has 1 saturated heterocycles. The molecular weight excluding hydrogens is 302 g/mol. The zero-order valence-electron chi connectivity index (χ0n) is 14.3. The van der Waals surface area contributed by atoms with Gasteiger partial charge in [-0.25, -0.2) is 0 Å². The van der Waals surface area contributed by atoms with Crippen molar-refractivity contribution in [3.05, 3.63) is 59.5 Å². The van der Waals surface area contributed by atoms with E-state index in [9.17, 15) is 9.90 Å². The third-order valence-electron chi connectivity index (χ3n) is 4.89. The van der Waals surface area contributed by atoms with E-state index in [0.717, 1.165) is 30.7 Å². The summed E-state index contributed by atoms with van der Waals surface area (Å²) in [5.74, 6) is 0.536. The standard InChI is InChI=1S/C20H25NO3/c1-14(2)15-8-10-16(11-9-15)19(18-7-5-13-24-18)21-12-4-3-6-17(21)20(22)23/h5,7-11,13-14,17,19H,3-4,6,12H2,1-2H3,(H,22,23). The van der Waals surface area contributed by atoms with Crippen LogP contribution in [0.3, 0.4) is 0 Å². The summed E-state index contributed by atoms with van der Waals surface area (Å²) in [6.07, 6.45) is 4.33. The fourth-order valence-electron chi connectivity index (χ4n) is 3.56. The summed E-state index contributed by atoms with van der Waals surface area (Å²) in [6.45, 7) is 5.11. The van der Waals surface area contributed by atoms with Crippen molar-refractivity contribution in [1.82, 2.24) is 4.90 Å². The van der Waals surface area contributed by atoms with Gasteiger partial charge in [-0.3, -0.25) is 9.69 Å². The van der Waals surface area contributed by atoms with Gasteiger partial charge in [0.05, 0.1) is 12.3 Å². The second-order valence-electron chi connectivity index (χ2n) is 6.83. The Kier molecular flexibility index (Phi) is 5.05. The van der Waals surface area contributed by atoms with Gasteiger partial charge in [0.25, 0.3) is 0 Å². The number of rotatable bonds is 5. The maximum absolute atomic E-state index is 11.7. The lowest BCUT2D eigenvalue weighted by Gasteiger charge is -2.38. The minimum absolute atomic E-state index is 0.150. The minimum atomic E-state index is -0.745. The molecule has 0 amide bonds. The van der Waals surface area contributed by atoms with Crippen molar-refractivity contribution in [3.63, 3.8) is 0 Å². The van der Waals surface area contributed by atoms with Gasteiger partial charge in [0.2, 0.25) is 0 Å². The Morgan fingerprint density at radius 3 is 2.46 bits per heavy atom. The third kappa shape index (κ3) is 3.39. The van der Waals surface area contributed by atoms with E-state index in [2.05, 4.69) is 43.0 Å². The van der Waals surface area contributed by atoms with Crippen LogP contribution in [0.5, 0.6) is 0 Å². The van der Waals surface area contributed by atoms with Crippen LogP contribution >= 0.6 is 0 Å². The molecule has 0 saturated carbocycles. The monoisotopic (exact) mass is 327 g/mol. The smallest absolute Gasteiger partial charge is 0.320 e. The molecule has 1 aliphatic heterocycles. The first-order chi connectivity index (χ1) is 11.6. The fourth-order valence-corrected chi connectivity index (χ4v) is 3.56. The highest BCUT2D eigenvalue weighted by molar-refractivity contribution is 5.73. The molecular formula is C20H25NO3. The molecule has 2 unspecified atom stereocenters. The molecule has 2 heterocycles. The number of carboxylic acid groups (broad SMARTS) is 1. The molecule has 2 atom stereocenters. The molecule has 3 rings (SSSR count). The van der Waals surface area contributed by atoms with E-state index in [1.807, 2.05) is 12.1 Å². The molecule has 0 radical (unpaired) electrons. The van der Waals surface area contributed by atoms with Crippen LogP contribution in [-0.4, -0.2) is 28.6 Å². The molecule has 0 bridgehead atoms. The number of hydrogen-bond acceptors (Lipinski definition) is 3. The van der Waals surface area contributed by atoms with Gasteiger partial charge in [-0.15, -0.1) is 0 Å². The topological polar surface area (TPSA) is 53.7 Å². The number of benzene rings is 1. The van der Waals surface area contributed by atoms with E-state index < -0.39 is 12.0 Å².